The third-order valence-electron chi connectivity index (χ3n) is 4.85. The molecule has 130 valence electrons. The number of hydrogen-bond acceptors (Lipinski definition) is 3. The average Bonchev–Trinajstić information content (AvgIpc) is 3.00. The molecule has 0 amide bonds. The predicted octanol–water partition coefficient (Wildman–Crippen LogP) is 3.30. The Bertz CT molecular complexity index is 499. The van der Waals surface area contributed by atoms with Gasteiger partial charge in [-0.3, -0.25) is 0 Å². The van der Waals surface area contributed by atoms with Gasteiger partial charge in [0.1, 0.15) is 5.82 Å². The zero-order chi connectivity index (χ0) is 15.4. The Kier molecular flexibility index (Phi) is 7.76. The molecule has 1 saturated carbocycles. The summed E-state index contributed by atoms with van der Waals surface area (Å²) in [6.45, 7) is 3.42. The van der Waals surface area contributed by atoms with Gasteiger partial charge in [0.25, 0.3) is 0 Å². The third kappa shape index (κ3) is 5.13. The molecule has 1 heterocycles. The highest BCUT2D eigenvalue weighted by molar-refractivity contribution is 9.10. The molecule has 0 radical (unpaired) electrons. The number of ether oxygens (including phenoxy) is 1. The topological polar surface area (TPSA) is 33.3 Å². The van der Waals surface area contributed by atoms with E-state index in [1.54, 1.807) is 6.07 Å². The van der Waals surface area contributed by atoms with Crippen molar-refractivity contribution in [3.63, 3.8) is 0 Å². The lowest BCUT2D eigenvalue weighted by molar-refractivity contribution is 0.0526. The molecule has 1 aliphatic heterocycles. The van der Waals surface area contributed by atoms with Gasteiger partial charge in [-0.15, -0.1) is 12.4 Å². The van der Waals surface area contributed by atoms with Crippen molar-refractivity contribution < 1.29 is 9.13 Å². The van der Waals surface area contributed by atoms with E-state index < -0.39 is 0 Å². The van der Waals surface area contributed by atoms with Crippen LogP contribution in [0.1, 0.15) is 24.8 Å². The number of rotatable bonds is 5. The van der Waals surface area contributed by atoms with Crippen LogP contribution < -0.4 is 10.6 Å². The molecule has 2 fully saturated rings. The van der Waals surface area contributed by atoms with Gasteiger partial charge in [0.05, 0.1) is 13.2 Å². The minimum Gasteiger partial charge on any atom is -0.379 e. The summed E-state index contributed by atoms with van der Waals surface area (Å²) in [6.07, 6.45) is 4.46. The summed E-state index contributed by atoms with van der Waals surface area (Å²) in [7, 11) is 0. The summed E-state index contributed by atoms with van der Waals surface area (Å²) in [5.74, 6) is 0.517. The van der Waals surface area contributed by atoms with Crippen LogP contribution in [0.5, 0.6) is 0 Å². The van der Waals surface area contributed by atoms with E-state index in [0.717, 1.165) is 42.8 Å². The summed E-state index contributed by atoms with van der Waals surface area (Å²) in [5, 5.41) is 7.23. The van der Waals surface area contributed by atoms with Crippen LogP contribution in [0, 0.1) is 11.7 Å². The molecular formula is C17H25BrClFN2O. The lowest BCUT2D eigenvalue weighted by atomic mass is 9.94. The fourth-order valence-electron chi connectivity index (χ4n) is 3.71. The van der Waals surface area contributed by atoms with E-state index in [9.17, 15) is 4.39 Å². The molecule has 1 aliphatic carbocycles. The fraction of sp³-hybridized carbons (Fsp3) is 0.647. The van der Waals surface area contributed by atoms with E-state index in [-0.39, 0.29) is 18.2 Å². The van der Waals surface area contributed by atoms with Crippen LogP contribution >= 0.6 is 28.3 Å². The lowest BCUT2D eigenvalue weighted by Gasteiger charge is -2.33. The second-order valence-corrected chi connectivity index (χ2v) is 7.19. The Balaban J connectivity index is 0.00000192. The van der Waals surface area contributed by atoms with Crippen LogP contribution in [0.2, 0.25) is 0 Å². The molecule has 1 aromatic rings. The van der Waals surface area contributed by atoms with Crippen molar-refractivity contribution >= 4 is 28.3 Å². The second-order valence-electron chi connectivity index (χ2n) is 6.28. The molecule has 2 aliphatic rings. The van der Waals surface area contributed by atoms with E-state index in [1.807, 2.05) is 6.07 Å². The first-order chi connectivity index (χ1) is 10.7. The van der Waals surface area contributed by atoms with E-state index in [4.69, 9.17) is 4.74 Å². The monoisotopic (exact) mass is 406 g/mol. The zero-order valence-corrected chi connectivity index (χ0v) is 15.6. The van der Waals surface area contributed by atoms with Crippen LogP contribution in [0.15, 0.2) is 22.7 Å². The van der Waals surface area contributed by atoms with E-state index in [0.29, 0.717) is 18.0 Å². The average molecular weight is 408 g/mol. The number of morpholine rings is 1. The van der Waals surface area contributed by atoms with Crippen molar-refractivity contribution in [2.75, 3.05) is 26.3 Å². The lowest BCUT2D eigenvalue weighted by Crippen LogP contribution is -2.51. The molecule has 1 aromatic carbocycles. The highest BCUT2D eigenvalue weighted by atomic mass is 79.9. The Morgan fingerprint density at radius 1 is 1.35 bits per heavy atom. The van der Waals surface area contributed by atoms with E-state index >= 15 is 0 Å². The normalized spacial score (nSPS) is 27.7. The summed E-state index contributed by atoms with van der Waals surface area (Å²) in [5.41, 5.74) is 0.774. The Labute approximate surface area is 152 Å². The van der Waals surface area contributed by atoms with Crippen LogP contribution in [-0.4, -0.2) is 38.4 Å². The predicted molar refractivity (Wildman–Crippen MR) is 96.8 cm³/mol. The first kappa shape index (κ1) is 19.1. The first-order valence-corrected chi connectivity index (χ1v) is 9.02. The standard InChI is InChI=1S/C17H24BrFN2O.ClH/c18-13-4-5-15(19)12(10-13)6-7-20-16-3-1-2-14(16)17-11-22-9-8-21-17;/h4-5,10,14,16-17,20-21H,1-3,6-9,11H2;1H. The summed E-state index contributed by atoms with van der Waals surface area (Å²) in [6, 6.07) is 6.14. The molecule has 2 N–H and O–H groups in total. The van der Waals surface area contributed by atoms with Gasteiger partial charge < -0.3 is 15.4 Å². The Morgan fingerprint density at radius 3 is 3.00 bits per heavy atom. The van der Waals surface area contributed by atoms with Crippen molar-refractivity contribution in [3.8, 4) is 0 Å². The van der Waals surface area contributed by atoms with Gasteiger partial charge in [0, 0.05) is 23.1 Å². The first-order valence-electron chi connectivity index (χ1n) is 8.22. The number of hydrogen-bond donors (Lipinski definition) is 2. The van der Waals surface area contributed by atoms with Crippen molar-refractivity contribution in [1.82, 2.24) is 10.6 Å². The largest absolute Gasteiger partial charge is 0.379 e. The van der Waals surface area contributed by atoms with Crippen LogP contribution in [0.25, 0.3) is 0 Å². The van der Waals surface area contributed by atoms with Crippen molar-refractivity contribution in [2.45, 2.75) is 37.8 Å². The maximum atomic E-state index is 13.8. The van der Waals surface area contributed by atoms with Gasteiger partial charge in [-0.1, -0.05) is 22.4 Å². The van der Waals surface area contributed by atoms with Crippen molar-refractivity contribution in [2.24, 2.45) is 5.92 Å². The number of nitrogens with one attached hydrogen (secondary N) is 2. The SMILES string of the molecule is Cl.Fc1ccc(Br)cc1CCNC1CCCC1C1COCCN1. The van der Waals surface area contributed by atoms with Crippen LogP contribution in [0.4, 0.5) is 4.39 Å². The smallest absolute Gasteiger partial charge is 0.126 e. The Morgan fingerprint density at radius 2 is 2.22 bits per heavy atom. The molecular weight excluding hydrogens is 383 g/mol. The molecule has 3 unspecified atom stereocenters. The van der Waals surface area contributed by atoms with Gasteiger partial charge in [-0.25, -0.2) is 4.39 Å². The minimum absolute atomic E-state index is 0. The van der Waals surface area contributed by atoms with Gasteiger partial charge in [-0.2, -0.15) is 0 Å². The molecule has 3 nitrogen and oxygen atoms in total. The van der Waals surface area contributed by atoms with Gasteiger partial charge in [0.2, 0.25) is 0 Å². The highest BCUT2D eigenvalue weighted by Gasteiger charge is 2.34. The van der Waals surface area contributed by atoms with Gasteiger partial charge >= 0.3 is 0 Å². The molecule has 3 rings (SSSR count). The van der Waals surface area contributed by atoms with Crippen LogP contribution in [-0.2, 0) is 11.2 Å². The molecule has 1 saturated heterocycles. The molecule has 0 bridgehead atoms. The van der Waals surface area contributed by atoms with Crippen molar-refractivity contribution in [1.29, 1.82) is 0 Å². The van der Waals surface area contributed by atoms with E-state index in [2.05, 4.69) is 26.6 Å². The minimum atomic E-state index is -0.115. The second kappa shape index (κ2) is 9.33. The summed E-state index contributed by atoms with van der Waals surface area (Å²) < 4.78 is 20.3. The van der Waals surface area contributed by atoms with Crippen molar-refractivity contribution in [3.05, 3.63) is 34.1 Å². The summed E-state index contributed by atoms with van der Waals surface area (Å²) in [4.78, 5) is 0. The number of halogens is 3. The summed E-state index contributed by atoms with van der Waals surface area (Å²) >= 11 is 3.41. The molecule has 6 heteroatoms. The highest BCUT2D eigenvalue weighted by Crippen LogP contribution is 2.29. The quantitative estimate of drug-likeness (QED) is 0.786. The molecule has 0 spiro atoms. The van der Waals surface area contributed by atoms with Gasteiger partial charge in [0.15, 0.2) is 0 Å². The van der Waals surface area contributed by atoms with Crippen LogP contribution in [0.3, 0.4) is 0 Å². The Hall–Kier alpha value is -0.200. The fourth-order valence-corrected chi connectivity index (χ4v) is 4.12. The zero-order valence-electron chi connectivity index (χ0n) is 13.2. The molecule has 0 aromatic heterocycles. The maximum absolute atomic E-state index is 13.8. The van der Waals surface area contributed by atoms with E-state index in [1.165, 1.54) is 25.3 Å². The number of benzene rings is 1. The maximum Gasteiger partial charge on any atom is 0.126 e. The third-order valence-corrected chi connectivity index (χ3v) is 5.34. The molecule has 23 heavy (non-hydrogen) atoms. The van der Waals surface area contributed by atoms with Gasteiger partial charge in [-0.05, 0) is 55.5 Å². The molecule has 3 atom stereocenters.